The summed E-state index contributed by atoms with van der Waals surface area (Å²) in [6.07, 6.45) is 3.45. The van der Waals surface area contributed by atoms with Crippen LogP contribution in [0.1, 0.15) is 60.8 Å². The van der Waals surface area contributed by atoms with Crippen molar-refractivity contribution in [1.82, 2.24) is 5.32 Å². The van der Waals surface area contributed by atoms with Crippen molar-refractivity contribution >= 4 is 0 Å². The van der Waals surface area contributed by atoms with E-state index in [1.165, 1.54) is 0 Å². The van der Waals surface area contributed by atoms with E-state index in [2.05, 4.69) is 46.9 Å². The Morgan fingerprint density at radius 1 is 1.06 bits per heavy atom. The molecule has 0 spiro atoms. The average Bonchev–Trinajstić information content (AvgIpc) is 2.05. The Balaban J connectivity index is 2.45. The van der Waals surface area contributed by atoms with E-state index in [4.69, 9.17) is 10.5 Å². The van der Waals surface area contributed by atoms with E-state index in [-0.39, 0.29) is 23.3 Å². The maximum Gasteiger partial charge on any atom is 0.0734 e. The fourth-order valence-electron chi connectivity index (χ4n) is 2.52. The molecule has 102 valence electrons. The van der Waals surface area contributed by atoms with Crippen molar-refractivity contribution in [3.63, 3.8) is 0 Å². The third-order valence-corrected chi connectivity index (χ3v) is 2.98. The Hall–Kier alpha value is -0.120. The van der Waals surface area contributed by atoms with Gasteiger partial charge in [0.1, 0.15) is 0 Å². The Kier molecular flexibility index (Phi) is 4.61. The molecule has 17 heavy (non-hydrogen) atoms. The molecule has 0 aromatic heterocycles. The van der Waals surface area contributed by atoms with Crippen LogP contribution in [0.3, 0.4) is 0 Å². The van der Waals surface area contributed by atoms with Gasteiger partial charge in [-0.2, -0.15) is 0 Å². The Morgan fingerprint density at radius 3 is 2.06 bits per heavy atom. The van der Waals surface area contributed by atoms with Crippen molar-refractivity contribution in [2.24, 2.45) is 5.73 Å². The van der Waals surface area contributed by atoms with E-state index in [1.807, 2.05) is 0 Å². The summed E-state index contributed by atoms with van der Waals surface area (Å²) >= 11 is 0. The summed E-state index contributed by atoms with van der Waals surface area (Å²) in [7, 11) is 0. The highest BCUT2D eigenvalue weighted by Crippen LogP contribution is 2.25. The van der Waals surface area contributed by atoms with Crippen LogP contribution in [0.4, 0.5) is 0 Å². The second-order valence-corrected chi connectivity index (χ2v) is 7.34. The Morgan fingerprint density at radius 2 is 1.65 bits per heavy atom. The van der Waals surface area contributed by atoms with E-state index in [0.717, 1.165) is 19.3 Å². The molecule has 3 atom stereocenters. The molecule has 1 aliphatic rings. The van der Waals surface area contributed by atoms with Crippen molar-refractivity contribution in [2.45, 2.75) is 90.1 Å². The van der Waals surface area contributed by atoms with Gasteiger partial charge in [-0.15, -0.1) is 0 Å². The summed E-state index contributed by atoms with van der Waals surface area (Å²) in [5.41, 5.74) is 6.31. The van der Waals surface area contributed by atoms with Gasteiger partial charge >= 0.3 is 0 Å². The molecule has 0 bridgehead atoms. The molecule has 3 nitrogen and oxygen atoms in total. The van der Waals surface area contributed by atoms with Gasteiger partial charge in [-0.3, -0.25) is 0 Å². The molecule has 3 N–H and O–H groups in total. The van der Waals surface area contributed by atoms with Crippen molar-refractivity contribution in [3.8, 4) is 0 Å². The van der Waals surface area contributed by atoms with Gasteiger partial charge in [0.15, 0.2) is 0 Å². The SMILES string of the molecule is CC(C)(C)N[C@@H]1CC[C@@H](OC(C)(C)C)[C@@H](N)C1. The van der Waals surface area contributed by atoms with Gasteiger partial charge in [0, 0.05) is 17.6 Å². The quantitative estimate of drug-likeness (QED) is 0.782. The fourth-order valence-corrected chi connectivity index (χ4v) is 2.52. The summed E-state index contributed by atoms with van der Waals surface area (Å²) in [6, 6.07) is 0.688. The summed E-state index contributed by atoms with van der Waals surface area (Å²) < 4.78 is 6.02. The van der Waals surface area contributed by atoms with Crippen LogP contribution in [-0.2, 0) is 4.74 Å². The number of hydrogen-bond acceptors (Lipinski definition) is 3. The zero-order valence-electron chi connectivity index (χ0n) is 12.3. The van der Waals surface area contributed by atoms with Crippen LogP contribution in [0.5, 0.6) is 0 Å². The summed E-state index contributed by atoms with van der Waals surface area (Å²) in [5.74, 6) is 0. The third-order valence-electron chi connectivity index (χ3n) is 2.98. The molecule has 1 aliphatic carbocycles. The minimum atomic E-state index is -0.0907. The molecule has 0 heterocycles. The fraction of sp³-hybridized carbons (Fsp3) is 1.00. The van der Waals surface area contributed by atoms with E-state index in [9.17, 15) is 0 Å². The second kappa shape index (κ2) is 5.25. The van der Waals surface area contributed by atoms with E-state index < -0.39 is 0 Å². The summed E-state index contributed by atoms with van der Waals surface area (Å²) in [6.45, 7) is 12.9. The van der Waals surface area contributed by atoms with Crippen LogP contribution >= 0.6 is 0 Å². The topological polar surface area (TPSA) is 47.3 Å². The zero-order chi connectivity index (χ0) is 13.3. The molecule has 0 aromatic rings. The molecular weight excluding hydrogens is 212 g/mol. The highest BCUT2D eigenvalue weighted by molar-refractivity contribution is 4.90. The molecule has 0 aliphatic heterocycles. The molecule has 3 heteroatoms. The van der Waals surface area contributed by atoms with Gasteiger partial charge < -0.3 is 15.8 Å². The Labute approximate surface area is 106 Å². The summed E-state index contributed by atoms with van der Waals surface area (Å²) in [4.78, 5) is 0. The molecule has 1 saturated carbocycles. The highest BCUT2D eigenvalue weighted by atomic mass is 16.5. The second-order valence-electron chi connectivity index (χ2n) is 7.34. The largest absolute Gasteiger partial charge is 0.371 e. The molecule has 0 aromatic carbocycles. The van der Waals surface area contributed by atoms with E-state index in [0.29, 0.717) is 6.04 Å². The van der Waals surface area contributed by atoms with E-state index in [1.54, 1.807) is 0 Å². The first-order valence-electron chi connectivity index (χ1n) is 6.78. The first-order chi connectivity index (χ1) is 7.57. The van der Waals surface area contributed by atoms with Crippen LogP contribution in [0.2, 0.25) is 0 Å². The van der Waals surface area contributed by atoms with Crippen LogP contribution in [0, 0.1) is 0 Å². The van der Waals surface area contributed by atoms with Gasteiger partial charge in [0.2, 0.25) is 0 Å². The van der Waals surface area contributed by atoms with Crippen LogP contribution in [0.25, 0.3) is 0 Å². The lowest BCUT2D eigenvalue weighted by molar-refractivity contribution is -0.0849. The zero-order valence-corrected chi connectivity index (χ0v) is 12.3. The Bertz CT molecular complexity index is 240. The number of ether oxygens (including phenoxy) is 1. The first-order valence-corrected chi connectivity index (χ1v) is 6.78. The molecular formula is C14H30N2O. The number of rotatable bonds is 2. The lowest BCUT2D eigenvalue weighted by atomic mass is 9.87. The van der Waals surface area contributed by atoms with Crippen molar-refractivity contribution in [1.29, 1.82) is 0 Å². The standard InChI is InChI=1S/C14H30N2O/c1-13(2,3)16-10-7-8-12(11(15)9-10)17-14(4,5)6/h10-12,16H,7-9,15H2,1-6H3/t10-,11+,12-/m1/s1. The van der Waals surface area contributed by atoms with Crippen molar-refractivity contribution in [2.75, 3.05) is 0 Å². The summed E-state index contributed by atoms with van der Waals surface area (Å²) in [5, 5.41) is 3.64. The lowest BCUT2D eigenvalue weighted by Gasteiger charge is -2.40. The van der Waals surface area contributed by atoms with Gasteiger partial charge in [0.05, 0.1) is 11.7 Å². The molecule has 0 unspecified atom stereocenters. The van der Waals surface area contributed by atoms with Crippen molar-refractivity contribution < 1.29 is 4.74 Å². The van der Waals surface area contributed by atoms with Gasteiger partial charge in [-0.25, -0.2) is 0 Å². The average molecular weight is 242 g/mol. The molecule has 1 rings (SSSR count). The molecule has 1 fully saturated rings. The number of hydrogen-bond donors (Lipinski definition) is 2. The minimum Gasteiger partial charge on any atom is -0.371 e. The van der Waals surface area contributed by atoms with Crippen LogP contribution in [0.15, 0.2) is 0 Å². The smallest absolute Gasteiger partial charge is 0.0734 e. The molecule has 0 radical (unpaired) electrons. The first kappa shape index (κ1) is 14.9. The van der Waals surface area contributed by atoms with E-state index >= 15 is 0 Å². The number of nitrogens with one attached hydrogen (secondary N) is 1. The molecule has 0 amide bonds. The predicted molar refractivity (Wildman–Crippen MR) is 73.1 cm³/mol. The van der Waals surface area contributed by atoms with Crippen LogP contribution < -0.4 is 11.1 Å². The monoisotopic (exact) mass is 242 g/mol. The maximum atomic E-state index is 6.23. The van der Waals surface area contributed by atoms with Crippen LogP contribution in [-0.4, -0.2) is 29.3 Å². The van der Waals surface area contributed by atoms with Gasteiger partial charge in [-0.05, 0) is 60.8 Å². The third kappa shape index (κ3) is 5.84. The number of nitrogens with two attached hydrogens (primary N) is 1. The molecule has 0 saturated heterocycles. The predicted octanol–water partition coefficient (Wildman–Crippen LogP) is 2.44. The lowest BCUT2D eigenvalue weighted by Crippen LogP contribution is -2.53. The highest BCUT2D eigenvalue weighted by Gasteiger charge is 2.32. The van der Waals surface area contributed by atoms with Gasteiger partial charge in [-0.1, -0.05) is 0 Å². The normalized spacial score (nSPS) is 31.6. The van der Waals surface area contributed by atoms with Crippen molar-refractivity contribution in [3.05, 3.63) is 0 Å². The minimum absolute atomic E-state index is 0.0907. The maximum absolute atomic E-state index is 6.23. The van der Waals surface area contributed by atoms with Gasteiger partial charge in [0.25, 0.3) is 0 Å².